The quantitative estimate of drug-likeness (QED) is 0.600. The lowest BCUT2D eigenvalue weighted by molar-refractivity contribution is 0.0526. The maximum absolute atomic E-state index is 12.4. The summed E-state index contributed by atoms with van der Waals surface area (Å²) in [5.41, 5.74) is 7.81. The number of anilines is 1. The average Bonchev–Trinajstić information content (AvgIpc) is 3.03. The lowest BCUT2D eigenvalue weighted by atomic mass is 10.1. The van der Waals surface area contributed by atoms with Crippen LogP contribution < -0.4 is 20.5 Å². The van der Waals surface area contributed by atoms with E-state index in [2.05, 4.69) is 5.32 Å². The van der Waals surface area contributed by atoms with Gasteiger partial charge in [-0.3, -0.25) is 9.69 Å². The van der Waals surface area contributed by atoms with Crippen LogP contribution in [0.5, 0.6) is 11.5 Å². The Morgan fingerprint density at radius 3 is 2.52 bits per heavy atom. The van der Waals surface area contributed by atoms with Crippen LogP contribution >= 0.6 is 11.3 Å². The Morgan fingerprint density at radius 2 is 1.93 bits per heavy atom. The van der Waals surface area contributed by atoms with Gasteiger partial charge in [-0.25, -0.2) is 4.79 Å². The van der Waals surface area contributed by atoms with Crippen LogP contribution in [0.4, 0.5) is 5.00 Å². The maximum atomic E-state index is 12.4. The normalized spacial score (nSPS) is 10.7. The number of benzene rings is 1. The first kappa shape index (κ1) is 22.5. The molecule has 158 valence electrons. The molecule has 2 rings (SSSR count). The molecule has 0 radical (unpaired) electrons. The van der Waals surface area contributed by atoms with Crippen LogP contribution in [-0.4, -0.2) is 51.7 Å². The Morgan fingerprint density at radius 1 is 1.21 bits per heavy atom. The number of nitrogens with two attached hydrogens (primary N) is 1. The molecule has 0 aliphatic carbocycles. The van der Waals surface area contributed by atoms with Crippen molar-refractivity contribution in [3.05, 3.63) is 39.8 Å². The van der Waals surface area contributed by atoms with Gasteiger partial charge in [0.2, 0.25) is 0 Å². The number of hydrogen-bond donors (Lipinski definition) is 2. The molecular weight excluding hydrogens is 394 g/mol. The summed E-state index contributed by atoms with van der Waals surface area (Å²) in [6.07, 6.45) is 0. The van der Waals surface area contributed by atoms with Gasteiger partial charge in [0.25, 0.3) is 5.91 Å². The highest BCUT2D eigenvalue weighted by atomic mass is 32.1. The van der Waals surface area contributed by atoms with Gasteiger partial charge in [0.1, 0.15) is 16.5 Å². The number of nitrogen functional groups attached to an aromatic ring is 1. The summed E-state index contributed by atoms with van der Waals surface area (Å²) in [6.45, 7) is 2.81. The van der Waals surface area contributed by atoms with Crippen molar-refractivity contribution in [2.24, 2.45) is 0 Å². The fraction of sp³-hybridized carbons (Fsp3) is 0.400. The molecule has 0 atom stereocenters. The molecule has 0 bridgehead atoms. The van der Waals surface area contributed by atoms with Crippen molar-refractivity contribution >= 4 is 28.2 Å². The molecule has 1 aromatic heterocycles. The third-order valence-corrected chi connectivity index (χ3v) is 5.37. The van der Waals surface area contributed by atoms with Crippen molar-refractivity contribution in [3.63, 3.8) is 0 Å². The topological polar surface area (TPSA) is 103 Å². The van der Waals surface area contributed by atoms with Crippen LogP contribution in [0, 0.1) is 0 Å². The van der Waals surface area contributed by atoms with Gasteiger partial charge in [-0.2, -0.15) is 0 Å². The zero-order valence-corrected chi connectivity index (χ0v) is 18.1. The molecule has 0 saturated heterocycles. The molecule has 0 unspecified atom stereocenters. The summed E-state index contributed by atoms with van der Waals surface area (Å²) in [6, 6.07) is 5.59. The molecular formula is C20H27N3O5S. The lowest BCUT2D eigenvalue weighted by Crippen LogP contribution is -2.24. The Bertz CT molecular complexity index is 881. The van der Waals surface area contributed by atoms with Crippen molar-refractivity contribution in [3.8, 4) is 11.5 Å². The van der Waals surface area contributed by atoms with E-state index in [1.54, 1.807) is 21.1 Å². The van der Waals surface area contributed by atoms with Crippen molar-refractivity contribution in [2.45, 2.75) is 20.0 Å². The van der Waals surface area contributed by atoms with Crippen LogP contribution in [0.25, 0.3) is 0 Å². The summed E-state index contributed by atoms with van der Waals surface area (Å²) >= 11 is 1.09. The fourth-order valence-electron chi connectivity index (χ4n) is 2.96. The highest BCUT2D eigenvalue weighted by Gasteiger charge is 2.27. The number of ether oxygens (including phenoxy) is 3. The molecule has 0 fully saturated rings. The average molecular weight is 422 g/mol. The van der Waals surface area contributed by atoms with Gasteiger partial charge in [-0.05, 0) is 20.0 Å². The van der Waals surface area contributed by atoms with Gasteiger partial charge in [0.15, 0.2) is 0 Å². The first-order valence-electron chi connectivity index (χ1n) is 9.05. The number of methoxy groups -OCH3 is 2. The molecule has 0 saturated carbocycles. The van der Waals surface area contributed by atoms with Gasteiger partial charge < -0.3 is 25.3 Å². The summed E-state index contributed by atoms with van der Waals surface area (Å²) < 4.78 is 15.8. The molecule has 29 heavy (non-hydrogen) atoms. The zero-order valence-electron chi connectivity index (χ0n) is 17.3. The van der Waals surface area contributed by atoms with E-state index in [0.717, 1.165) is 16.9 Å². The van der Waals surface area contributed by atoms with Crippen molar-refractivity contribution in [1.82, 2.24) is 10.2 Å². The van der Waals surface area contributed by atoms with E-state index < -0.39 is 5.97 Å². The molecule has 8 nitrogen and oxygen atoms in total. The van der Waals surface area contributed by atoms with E-state index in [1.807, 2.05) is 30.1 Å². The van der Waals surface area contributed by atoms with Crippen LogP contribution in [0.1, 0.15) is 38.1 Å². The molecule has 3 N–H and O–H groups in total. The molecule has 0 spiro atoms. The molecule has 0 aliphatic heterocycles. The van der Waals surface area contributed by atoms with Crippen molar-refractivity contribution in [1.29, 1.82) is 0 Å². The van der Waals surface area contributed by atoms with Crippen LogP contribution in [0.3, 0.4) is 0 Å². The molecule has 1 heterocycles. The zero-order chi connectivity index (χ0) is 21.6. The Balaban J connectivity index is 2.34. The maximum Gasteiger partial charge on any atom is 0.341 e. The number of hydrogen-bond acceptors (Lipinski definition) is 8. The van der Waals surface area contributed by atoms with E-state index in [0.29, 0.717) is 35.0 Å². The highest BCUT2D eigenvalue weighted by molar-refractivity contribution is 7.18. The standard InChI is InChI=1S/C20H27N3O5S/c1-6-28-20(25)16-14(17(19(24)22-2)29-18(16)21)11-23(3)10-12-7-8-13(26-4)9-15(12)27-5/h7-9H,6,10-11,21H2,1-5H3,(H,22,24). The number of nitrogens with one attached hydrogen (secondary N) is 1. The molecule has 2 aromatic rings. The number of rotatable bonds is 9. The molecule has 9 heteroatoms. The first-order chi connectivity index (χ1) is 13.9. The van der Waals surface area contributed by atoms with Gasteiger partial charge in [0, 0.05) is 37.3 Å². The third-order valence-electron chi connectivity index (χ3n) is 4.31. The van der Waals surface area contributed by atoms with Crippen LogP contribution in [0.2, 0.25) is 0 Å². The summed E-state index contributed by atoms with van der Waals surface area (Å²) in [4.78, 5) is 27.1. The van der Waals surface area contributed by atoms with Gasteiger partial charge in [-0.15, -0.1) is 11.3 Å². The summed E-state index contributed by atoms with van der Waals surface area (Å²) in [7, 11) is 6.62. The van der Waals surface area contributed by atoms with Gasteiger partial charge in [-0.1, -0.05) is 6.07 Å². The van der Waals surface area contributed by atoms with Crippen LogP contribution in [0.15, 0.2) is 18.2 Å². The second-order valence-corrected chi connectivity index (χ2v) is 7.35. The SMILES string of the molecule is CCOC(=O)c1c(N)sc(C(=O)NC)c1CN(C)Cc1ccc(OC)cc1OC. The van der Waals surface area contributed by atoms with Crippen LogP contribution in [-0.2, 0) is 17.8 Å². The fourth-order valence-corrected chi connectivity index (χ4v) is 3.97. The Labute approximate surface area is 174 Å². The van der Waals surface area contributed by atoms with Gasteiger partial charge in [0.05, 0.1) is 31.3 Å². The summed E-state index contributed by atoms with van der Waals surface area (Å²) in [5.74, 6) is 0.577. The molecule has 0 aliphatic rings. The highest BCUT2D eigenvalue weighted by Crippen LogP contribution is 2.33. The van der Waals surface area contributed by atoms with Crippen molar-refractivity contribution < 1.29 is 23.8 Å². The predicted molar refractivity (Wildman–Crippen MR) is 113 cm³/mol. The van der Waals surface area contributed by atoms with E-state index in [1.165, 1.54) is 7.05 Å². The molecule has 1 aromatic carbocycles. The number of amides is 1. The number of carbonyl (C=O) groups excluding carboxylic acids is 2. The Kier molecular flexibility index (Phi) is 7.86. The van der Waals surface area contributed by atoms with Crippen molar-refractivity contribution in [2.75, 3.05) is 40.7 Å². The van der Waals surface area contributed by atoms with E-state index in [-0.39, 0.29) is 23.1 Å². The van der Waals surface area contributed by atoms with E-state index in [9.17, 15) is 9.59 Å². The number of thiophene rings is 1. The minimum Gasteiger partial charge on any atom is -0.497 e. The number of esters is 1. The Hall–Kier alpha value is -2.78. The largest absolute Gasteiger partial charge is 0.497 e. The minimum absolute atomic E-state index is 0.224. The first-order valence-corrected chi connectivity index (χ1v) is 9.87. The second-order valence-electron chi connectivity index (χ2n) is 6.30. The second kappa shape index (κ2) is 10.1. The monoisotopic (exact) mass is 421 g/mol. The lowest BCUT2D eigenvalue weighted by Gasteiger charge is -2.20. The molecule has 1 amide bonds. The smallest absolute Gasteiger partial charge is 0.341 e. The third kappa shape index (κ3) is 5.18. The predicted octanol–water partition coefficient (Wildman–Crippen LogP) is 2.52. The number of nitrogens with zero attached hydrogens (tertiary/aromatic N) is 1. The minimum atomic E-state index is -0.526. The van der Waals surface area contributed by atoms with Gasteiger partial charge >= 0.3 is 5.97 Å². The number of carbonyl (C=O) groups is 2. The van der Waals surface area contributed by atoms with E-state index >= 15 is 0 Å². The van der Waals surface area contributed by atoms with E-state index in [4.69, 9.17) is 19.9 Å². The summed E-state index contributed by atoms with van der Waals surface area (Å²) in [5, 5.41) is 2.87.